The first kappa shape index (κ1) is 19.5. The van der Waals surface area contributed by atoms with Crippen LogP contribution in [-0.4, -0.2) is 70.9 Å². The Hall–Kier alpha value is -1.86. The van der Waals surface area contributed by atoms with Gasteiger partial charge in [-0.05, 0) is 24.6 Å². The van der Waals surface area contributed by atoms with Crippen molar-refractivity contribution in [2.45, 2.75) is 13.5 Å². The standard InChI is InChI=1S/C18H30FN5O/c1-4-20-18(21-7-8-24-9-11-25-12-10-24)22-14-15-5-6-17(23(2)3)16(19)13-15/h5-6,13H,4,7-12,14H2,1-3H3,(H2,20,21,22). The molecule has 6 nitrogen and oxygen atoms in total. The van der Waals surface area contributed by atoms with Gasteiger partial charge < -0.3 is 20.3 Å². The molecule has 2 rings (SSSR count). The topological polar surface area (TPSA) is 52.1 Å². The smallest absolute Gasteiger partial charge is 0.191 e. The van der Waals surface area contributed by atoms with Gasteiger partial charge in [-0.1, -0.05) is 6.07 Å². The Morgan fingerprint density at radius 1 is 1.28 bits per heavy atom. The number of hydrogen-bond acceptors (Lipinski definition) is 4. The number of halogens is 1. The van der Waals surface area contributed by atoms with Crippen LogP contribution in [0.15, 0.2) is 23.2 Å². The van der Waals surface area contributed by atoms with Gasteiger partial charge in [0.15, 0.2) is 5.96 Å². The van der Waals surface area contributed by atoms with Crippen molar-refractivity contribution in [3.05, 3.63) is 29.6 Å². The van der Waals surface area contributed by atoms with Crippen LogP contribution in [0.25, 0.3) is 0 Å². The zero-order valence-electron chi connectivity index (χ0n) is 15.5. The lowest BCUT2D eigenvalue weighted by molar-refractivity contribution is 0.0389. The maximum Gasteiger partial charge on any atom is 0.191 e. The monoisotopic (exact) mass is 351 g/mol. The molecule has 1 aliphatic heterocycles. The van der Waals surface area contributed by atoms with Gasteiger partial charge >= 0.3 is 0 Å². The number of hydrogen-bond donors (Lipinski definition) is 2. The third-order valence-corrected chi connectivity index (χ3v) is 4.08. The molecule has 0 atom stereocenters. The minimum Gasteiger partial charge on any atom is -0.379 e. The first-order chi connectivity index (χ1) is 12.1. The molecular weight excluding hydrogens is 321 g/mol. The molecule has 0 radical (unpaired) electrons. The maximum absolute atomic E-state index is 14.0. The van der Waals surface area contributed by atoms with Gasteiger partial charge in [-0.15, -0.1) is 0 Å². The number of guanidine groups is 1. The highest BCUT2D eigenvalue weighted by molar-refractivity contribution is 5.79. The molecule has 7 heteroatoms. The summed E-state index contributed by atoms with van der Waals surface area (Å²) in [5.41, 5.74) is 1.44. The lowest BCUT2D eigenvalue weighted by Crippen LogP contribution is -2.44. The summed E-state index contributed by atoms with van der Waals surface area (Å²) in [5, 5.41) is 6.57. The Morgan fingerprint density at radius 3 is 2.68 bits per heavy atom. The Morgan fingerprint density at radius 2 is 2.04 bits per heavy atom. The van der Waals surface area contributed by atoms with Crippen molar-refractivity contribution in [2.75, 3.05) is 64.9 Å². The van der Waals surface area contributed by atoms with Crippen molar-refractivity contribution in [1.29, 1.82) is 0 Å². The van der Waals surface area contributed by atoms with Crippen LogP contribution in [0, 0.1) is 5.82 Å². The molecule has 25 heavy (non-hydrogen) atoms. The summed E-state index contributed by atoms with van der Waals surface area (Å²) in [5.74, 6) is 0.538. The van der Waals surface area contributed by atoms with E-state index in [0.717, 1.165) is 57.5 Å². The average Bonchev–Trinajstić information content (AvgIpc) is 2.60. The molecule has 1 aromatic rings. The van der Waals surface area contributed by atoms with E-state index in [2.05, 4.69) is 20.5 Å². The fourth-order valence-electron chi connectivity index (χ4n) is 2.68. The van der Waals surface area contributed by atoms with Crippen LogP contribution in [0.4, 0.5) is 10.1 Å². The first-order valence-corrected chi connectivity index (χ1v) is 8.88. The van der Waals surface area contributed by atoms with Crippen molar-refractivity contribution in [1.82, 2.24) is 15.5 Å². The van der Waals surface area contributed by atoms with E-state index >= 15 is 0 Å². The van der Waals surface area contributed by atoms with Gasteiger partial charge in [0.25, 0.3) is 0 Å². The van der Waals surface area contributed by atoms with Crippen LogP contribution in [0.1, 0.15) is 12.5 Å². The molecule has 1 fully saturated rings. The molecule has 1 saturated heterocycles. The number of morpholine rings is 1. The minimum absolute atomic E-state index is 0.219. The maximum atomic E-state index is 14.0. The Labute approximate surface area is 150 Å². The Balaban J connectivity index is 1.86. The zero-order chi connectivity index (χ0) is 18.1. The highest BCUT2D eigenvalue weighted by Crippen LogP contribution is 2.18. The number of anilines is 1. The van der Waals surface area contributed by atoms with E-state index < -0.39 is 0 Å². The van der Waals surface area contributed by atoms with E-state index in [0.29, 0.717) is 12.2 Å². The van der Waals surface area contributed by atoms with Crippen LogP contribution in [0.3, 0.4) is 0 Å². The van der Waals surface area contributed by atoms with Gasteiger partial charge in [-0.25, -0.2) is 9.38 Å². The quantitative estimate of drug-likeness (QED) is 0.573. The molecular formula is C18H30FN5O. The third kappa shape index (κ3) is 6.51. The number of rotatable bonds is 7. The molecule has 0 bridgehead atoms. The van der Waals surface area contributed by atoms with Gasteiger partial charge in [0.1, 0.15) is 5.82 Å². The second-order valence-electron chi connectivity index (χ2n) is 6.26. The van der Waals surface area contributed by atoms with E-state index in [1.165, 1.54) is 0 Å². The van der Waals surface area contributed by atoms with Crippen molar-refractivity contribution < 1.29 is 9.13 Å². The lowest BCUT2D eigenvalue weighted by atomic mass is 10.2. The molecule has 1 aliphatic rings. The molecule has 0 aliphatic carbocycles. The fraction of sp³-hybridized carbons (Fsp3) is 0.611. The molecule has 2 N–H and O–H groups in total. The van der Waals surface area contributed by atoms with E-state index in [1.807, 2.05) is 27.1 Å². The molecule has 0 saturated carbocycles. The summed E-state index contributed by atoms with van der Waals surface area (Å²) in [6.07, 6.45) is 0. The predicted molar refractivity (Wildman–Crippen MR) is 101 cm³/mol. The summed E-state index contributed by atoms with van der Waals surface area (Å²) in [6.45, 7) is 8.62. The largest absolute Gasteiger partial charge is 0.379 e. The minimum atomic E-state index is -0.219. The summed E-state index contributed by atoms with van der Waals surface area (Å²) in [7, 11) is 3.66. The molecule has 0 spiro atoms. The van der Waals surface area contributed by atoms with Crippen LogP contribution in [0.5, 0.6) is 0 Å². The second-order valence-corrected chi connectivity index (χ2v) is 6.26. The normalized spacial score (nSPS) is 15.9. The van der Waals surface area contributed by atoms with Gasteiger partial charge in [-0.3, -0.25) is 4.90 Å². The highest BCUT2D eigenvalue weighted by Gasteiger charge is 2.10. The van der Waals surface area contributed by atoms with Crippen molar-refractivity contribution >= 4 is 11.6 Å². The molecule has 1 heterocycles. The Bertz CT molecular complexity index is 558. The third-order valence-electron chi connectivity index (χ3n) is 4.08. The average molecular weight is 351 g/mol. The van der Waals surface area contributed by atoms with Crippen molar-refractivity contribution in [3.8, 4) is 0 Å². The number of nitrogens with zero attached hydrogens (tertiary/aromatic N) is 3. The van der Waals surface area contributed by atoms with Gasteiger partial charge in [0, 0.05) is 46.8 Å². The second kappa shape index (κ2) is 10.2. The number of benzene rings is 1. The summed E-state index contributed by atoms with van der Waals surface area (Å²) in [4.78, 5) is 8.69. The van der Waals surface area contributed by atoms with Crippen LogP contribution in [-0.2, 0) is 11.3 Å². The van der Waals surface area contributed by atoms with Crippen LogP contribution >= 0.6 is 0 Å². The number of aliphatic imine (C=N–C) groups is 1. The summed E-state index contributed by atoms with van der Waals surface area (Å²) in [6, 6.07) is 5.26. The SMILES string of the molecule is CCNC(=NCc1ccc(N(C)C)c(F)c1)NCCN1CCOCC1. The zero-order valence-corrected chi connectivity index (χ0v) is 15.5. The number of ether oxygens (including phenoxy) is 1. The van der Waals surface area contributed by atoms with E-state index in [-0.39, 0.29) is 5.82 Å². The van der Waals surface area contributed by atoms with Crippen molar-refractivity contribution in [3.63, 3.8) is 0 Å². The molecule has 0 unspecified atom stereocenters. The number of nitrogens with one attached hydrogen (secondary N) is 2. The van der Waals surface area contributed by atoms with Gasteiger partial charge in [-0.2, -0.15) is 0 Å². The van der Waals surface area contributed by atoms with Crippen molar-refractivity contribution in [2.24, 2.45) is 4.99 Å². The van der Waals surface area contributed by atoms with E-state index in [1.54, 1.807) is 17.0 Å². The van der Waals surface area contributed by atoms with E-state index in [9.17, 15) is 4.39 Å². The summed E-state index contributed by atoms with van der Waals surface area (Å²) >= 11 is 0. The lowest BCUT2D eigenvalue weighted by Gasteiger charge is -2.26. The highest BCUT2D eigenvalue weighted by atomic mass is 19.1. The van der Waals surface area contributed by atoms with Gasteiger partial charge in [0.2, 0.25) is 0 Å². The van der Waals surface area contributed by atoms with Crippen LogP contribution < -0.4 is 15.5 Å². The fourth-order valence-corrected chi connectivity index (χ4v) is 2.68. The Kier molecular flexibility index (Phi) is 7.94. The molecule has 0 aromatic heterocycles. The first-order valence-electron chi connectivity index (χ1n) is 8.88. The molecule has 140 valence electrons. The summed E-state index contributed by atoms with van der Waals surface area (Å²) < 4.78 is 19.4. The van der Waals surface area contributed by atoms with E-state index in [4.69, 9.17) is 4.74 Å². The predicted octanol–water partition coefficient (Wildman–Crippen LogP) is 1.28. The molecule has 0 amide bonds. The molecule has 1 aromatic carbocycles. The van der Waals surface area contributed by atoms with Crippen LogP contribution in [0.2, 0.25) is 0 Å². The van der Waals surface area contributed by atoms with Gasteiger partial charge in [0.05, 0.1) is 25.4 Å².